The van der Waals surface area contributed by atoms with Gasteiger partial charge in [0.05, 0.1) is 29.5 Å². The maximum Gasteiger partial charge on any atom is 0.240 e. The molecule has 2 heterocycles. The van der Waals surface area contributed by atoms with Gasteiger partial charge in [0.15, 0.2) is 0 Å². The predicted molar refractivity (Wildman–Crippen MR) is 161 cm³/mol. The first kappa shape index (κ1) is 29.7. The van der Waals surface area contributed by atoms with Crippen LogP contribution in [0.5, 0.6) is 5.75 Å². The first-order valence-corrected chi connectivity index (χ1v) is 14.6. The highest BCUT2D eigenvalue weighted by molar-refractivity contribution is 8.00. The van der Waals surface area contributed by atoms with E-state index >= 15 is 0 Å². The lowest BCUT2D eigenvalue weighted by Crippen LogP contribution is -2.42. The molecule has 1 atom stereocenters. The third kappa shape index (κ3) is 6.05. The van der Waals surface area contributed by atoms with Crippen molar-refractivity contribution in [1.29, 1.82) is 0 Å². The standard InChI is InChI=1S/C31H40N4O4S/c1-20-12-10-14-23(21(20)2)35-30-27(29(33-35)31(3,4)5)28(22-13-8-9-15-24(22)39-7)40-19-26(37)34(30)18-25(36)32-16-11-17-38-6/h8-10,12-15,28H,11,16-19H2,1-7H3,(H,32,36)/t28-/m1/s1. The van der Waals surface area contributed by atoms with Crippen LogP contribution in [0.3, 0.4) is 0 Å². The molecule has 0 saturated heterocycles. The summed E-state index contributed by atoms with van der Waals surface area (Å²) in [5.41, 5.74) is 5.52. The van der Waals surface area contributed by atoms with Crippen LogP contribution in [0.1, 0.15) is 60.4 Å². The van der Waals surface area contributed by atoms with Gasteiger partial charge in [-0.25, -0.2) is 4.68 Å². The molecule has 0 saturated carbocycles. The topological polar surface area (TPSA) is 85.7 Å². The van der Waals surface area contributed by atoms with Crippen molar-refractivity contribution in [3.8, 4) is 11.4 Å². The molecule has 0 spiro atoms. The number of para-hydroxylation sites is 1. The van der Waals surface area contributed by atoms with E-state index in [1.807, 2.05) is 41.1 Å². The quantitative estimate of drug-likeness (QED) is 0.363. The fraction of sp³-hybridized carbons (Fsp3) is 0.452. The first-order chi connectivity index (χ1) is 19.1. The van der Waals surface area contributed by atoms with Crippen molar-refractivity contribution in [2.45, 2.75) is 51.7 Å². The lowest BCUT2D eigenvalue weighted by Gasteiger charge is -2.25. The summed E-state index contributed by atoms with van der Waals surface area (Å²) in [5.74, 6) is 1.24. The molecule has 9 heteroatoms. The van der Waals surface area contributed by atoms with Crippen molar-refractivity contribution < 1.29 is 19.1 Å². The number of hydrogen-bond donors (Lipinski definition) is 1. The van der Waals surface area contributed by atoms with Crippen LogP contribution in [0, 0.1) is 13.8 Å². The zero-order chi connectivity index (χ0) is 29.0. The summed E-state index contributed by atoms with van der Waals surface area (Å²) in [6, 6.07) is 14.0. The summed E-state index contributed by atoms with van der Waals surface area (Å²) in [4.78, 5) is 28.6. The Labute approximate surface area is 241 Å². The smallest absolute Gasteiger partial charge is 0.240 e. The summed E-state index contributed by atoms with van der Waals surface area (Å²) in [6.45, 7) is 11.5. The summed E-state index contributed by atoms with van der Waals surface area (Å²) in [7, 11) is 3.30. The SMILES string of the molecule is COCCCNC(=O)CN1C(=O)CS[C@H](c2ccccc2OC)c2c(C(C)(C)C)nn(-c3cccc(C)c3C)c21. The van der Waals surface area contributed by atoms with Crippen molar-refractivity contribution in [2.24, 2.45) is 0 Å². The highest BCUT2D eigenvalue weighted by atomic mass is 32.2. The van der Waals surface area contributed by atoms with E-state index in [4.69, 9.17) is 14.6 Å². The maximum atomic E-state index is 13.8. The maximum absolute atomic E-state index is 13.8. The number of carbonyl (C=O) groups excluding carboxylic acids is 2. The van der Waals surface area contributed by atoms with Crippen molar-refractivity contribution in [3.63, 3.8) is 0 Å². The normalized spacial score (nSPS) is 15.5. The number of ether oxygens (including phenoxy) is 2. The molecule has 0 unspecified atom stereocenters. The van der Waals surface area contributed by atoms with E-state index < -0.39 is 0 Å². The van der Waals surface area contributed by atoms with Gasteiger partial charge >= 0.3 is 0 Å². The number of nitrogens with zero attached hydrogens (tertiary/aromatic N) is 3. The van der Waals surface area contributed by atoms with Gasteiger partial charge in [-0.2, -0.15) is 5.10 Å². The molecule has 8 nitrogen and oxygen atoms in total. The van der Waals surface area contributed by atoms with E-state index in [1.165, 1.54) is 0 Å². The highest BCUT2D eigenvalue weighted by Gasteiger charge is 2.40. The Morgan fingerprint density at radius 3 is 2.58 bits per heavy atom. The number of amides is 2. The Morgan fingerprint density at radius 2 is 1.88 bits per heavy atom. The molecular weight excluding hydrogens is 524 g/mol. The molecule has 4 rings (SSSR count). The first-order valence-electron chi connectivity index (χ1n) is 13.6. The molecule has 214 valence electrons. The lowest BCUT2D eigenvalue weighted by atomic mass is 9.87. The molecule has 40 heavy (non-hydrogen) atoms. The van der Waals surface area contributed by atoms with Crippen molar-refractivity contribution in [3.05, 3.63) is 70.4 Å². The molecular formula is C31H40N4O4S. The van der Waals surface area contributed by atoms with Gasteiger partial charge in [-0.3, -0.25) is 14.5 Å². The van der Waals surface area contributed by atoms with Gasteiger partial charge in [0.2, 0.25) is 11.8 Å². The number of benzene rings is 2. The number of carbonyl (C=O) groups is 2. The summed E-state index contributed by atoms with van der Waals surface area (Å²) < 4.78 is 12.8. The van der Waals surface area contributed by atoms with Crippen molar-refractivity contribution >= 4 is 29.4 Å². The third-order valence-electron chi connectivity index (χ3n) is 7.17. The molecule has 2 aromatic carbocycles. The van der Waals surface area contributed by atoms with Gasteiger partial charge in [-0.1, -0.05) is 51.1 Å². The number of nitrogens with one attached hydrogen (secondary N) is 1. The molecule has 2 amide bonds. The van der Waals surface area contributed by atoms with Gasteiger partial charge in [-0.05, 0) is 43.5 Å². The Bertz CT molecular complexity index is 1380. The third-order valence-corrected chi connectivity index (χ3v) is 8.41. The van der Waals surface area contributed by atoms with Gasteiger partial charge in [0, 0.05) is 36.8 Å². The largest absolute Gasteiger partial charge is 0.496 e. The minimum atomic E-state index is -0.338. The molecule has 1 aliphatic heterocycles. The Kier molecular flexibility index (Phi) is 9.26. The van der Waals surface area contributed by atoms with E-state index in [-0.39, 0.29) is 34.8 Å². The van der Waals surface area contributed by atoms with E-state index in [0.717, 1.165) is 39.4 Å². The van der Waals surface area contributed by atoms with Gasteiger partial charge in [0.25, 0.3) is 0 Å². The number of anilines is 1. The van der Waals surface area contributed by atoms with Gasteiger partial charge in [-0.15, -0.1) is 11.8 Å². The Morgan fingerprint density at radius 1 is 1.12 bits per heavy atom. The van der Waals surface area contributed by atoms with Crippen molar-refractivity contribution in [2.75, 3.05) is 44.6 Å². The van der Waals surface area contributed by atoms with Crippen LogP contribution in [-0.4, -0.2) is 61.3 Å². The van der Waals surface area contributed by atoms with E-state index in [0.29, 0.717) is 25.4 Å². The summed E-state index contributed by atoms with van der Waals surface area (Å²) in [5, 5.41) is 7.93. The second-order valence-corrected chi connectivity index (χ2v) is 12.2. The van der Waals surface area contributed by atoms with Crippen LogP contribution >= 0.6 is 11.8 Å². The second kappa shape index (κ2) is 12.5. The number of methoxy groups -OCH3 is 2. The molecule has 0 aliphatic carbocycles. The number of hydrogen-bond acceptors (Lipinski definition) is 6. The molecule has 3 aromatic rings. The van der Waals surface area contributed by atoms with Gasteiger partial charge in [0.1, 0.15) is 18.1 Å². The highest BCUT2D eigenvalue weighted by Crippen LogP contribution is 2.50. The minimum absolute atomic E-state index is 0.0990. The summed E-state index contributed by atoms with van der Waals surface area (Å²) in [6.07, 6.45) is 0.696. The molecule has 1 N–H and O–H groups in total. The number of fused-ring (bicyclic) bond motifs is 1. The zero-order valence-corrected chi connectivity index (χ0v) is 25.4. The molecule has 1 aromatic heterocycles. The molecule has 0 bridgehead atoms. The van der Waals surface area contributed by atoms with Crippen LogP contribution in [0.4, 0.5) is 5.82 Å². The van der Waals surface area contributed by atoms with Crippen molar-refractivity contribution in [1.82, 2.24) is 15.1 Å². The van der Waals surface area contributed by atoms with E-state index in [1.54, 1.807) is 30.9 Å². The fourth-order valence-corrected chi connectivity index (χ4v) is 6.20. The lowest BCUT2D eigenvalue weighted by molar-refractivity contribution is -0.122. The number of thioether (sulfide) groups is 1. The number of rotatable bonds is 9. The monoisotopic (exact) mass is 564 g/mol. The Balaban J connectivity index is 1.97. The molecule has 1 aliphatic rings. The van der Waals surface area contributed by atoms with Crippen LogP contribution < -0.4 is 15.0 Å². The minimum Gasteiger partial charge on any atom is -0.496 e. The second-order valence-electron chi connectivity index (χ2n) is 11.1. The average molecular weight is 565 g/mol. The summed E-state index contributed by atoms with van der Waals surface area (Å²) >= 11 is 1.55. The zero-order valence-electron chi connectivity index (χ0n) is 24.5. The molecule has 0 radical (unpaired) electrons. The van der Waals surface area contributed by atoms with Crippen LogP contribution in [0.15, 0.2) is 42.5 Å². The number of aromatic nitrogens is 2. The molecule has 0 fully saturated rings. The fourth-order valence-electron chi connectivity index (χ4n) is 4.98. The van der Waals surface area contributed by atoms with Gasteiger partial charge < -0.3 is 14.8 Å². The number of aryl methyl sites for hydroxylation is 1. The predicted octanol–water partition coefficient (Wildman–Crippen LogP) is 5.12. The average Bonchev–Trinajstić information content (AvgIpc) is 3.26. The van der Waals surface area contributed by atoms with Crippen LogP contribution in [0.25, 0.3) is 5.69 Å². The van der Waals surface area contributed by atoms with Crippen LogP contribution in [-0.2, 0) is 19.7 Å². The van der Waals surface area contributed by atoms with E-state index in [9.17, 15) is 9.59 Å². The van der Waals surface area contributed by atoms with Crippen LogP contribution in [0.2, 0.25) is 0 Å². The van der Waals surface area contributed by atoms with E-state index in [2.05, 4.69) is 46.0 Å². The Hall–Kier alpha value is -3.30.